The Bertz CT molecular complexity index is 1110. The fourth-order valence-electron chi connectivity index (χ4n) is 5.01. The number of amides is 1. The third-order valence-electron chi connectivity index (χ3n) is 6.80. The third-order valence-corrected chi connectivity index (χ3v) is 6.80. The van der Waals surface area contributed by atoms with E-state index < -0.39 is 0 Å². The Hall–Kier alpha value is -3.23. The molecule has 2 aliphatic rings. The molecule has 2 saturated heterocycles. The minimum absolute atomic E-state index is 0.153. The van der Waals surface area contributed by atoms with Crippen LogP contribution < -0.4 is 4.90 Å². The Balaban J connectivity index is 1.18. The van der Waals surface area contributed by atoms with Crippen molar-refractivity contribution < 1.29 is 9.53 Å². The SMILES string of the molecule is CN(C)Cc1ccc(N2CCN(C(=O)[C@@H]3CCO[C@H]3c3cnn(Cc4ccccc4)c3)CC2)nc1. The van der Waals surface area contributed by atoms with Crippen LogP contribution in [0.2, 0.25) is 0 Å². The average Bonchev–Trinajstić information content (AvgIpc) is 3.54. The summed E-state index contributed by atoms with van der Waals surface area (Å²) < 4.78 is 7.95. The van der Waals surface area contributed by atoms with Crippen molar-refractivity contribution in [2.45, 2.75) is 25.6 Å². The van der Waals surface area contributed by atoms with Gasteiger partial charge in [-0.3, -0.25) is 9.48 Å². The summed E-state index contributed by atoms with van der Waals surface area (Å²) in [7, 11) is 4.11. The largest absolute Gasteiger partial charge is 0.373 e. The van der Waals surface area contributed by atoms with Crippen LogP contribution in [0.4, 0.5) is 5.82 Å². The van der Waals surface area contributed by atoms with E-state index in [2.05, 4.69) is 58.2 Å². The molecule has 184 valence electrons. The van der Waals surface area contributed by atoms with Crippen molar-refractivity contribution in [3.05, 3.63) is 77.7 Å². The van der Waals surface area contributed by atoms with Crippen LogP contribution in [0.5, 0.6) is 0 Å². The quantitative estimate of drug-likeness (QED) is 0.525. The van der Waals surface area contributed by atoms with Gasteiger partial charge in [-0.2, -0.15) is 5.10 Å². The maximum absolute atomic E-state index is 13.5. The lowest BCUT2D eigenvalue weighted by atomic mass is 9.95. The van der Waals surface area contributed by atoms with E-state index in [9.17, 15) is 4.79 Å². The molecule has 8 heteroatoms. The number of carbonyl (C=O) groups excluding carboxylic acids is 1. The van der Waals surface area contributed by atoms with Gasteiger partial charge in [0.2, 0.25) is 5.91 Å². The number of carbonyl (C=O) groups is 1. The molecule has 0 radical (unpaired) electrons. The summed E-state index contributed by atoms with van der Waals surface area (Å²) >= 11 is 0. The van der Waals surface area contributed by atoms with Crippen LogP contribution >= 0.6 is 0 Å². The summed E-state index contributed by atoms with van der Waals surface area (Å²) in [5.41, 5.74) is 3.38. The Labute approximate surface area is 207 Å². The summed E-state index contributed by atoms with van der Waals surface area (Å²) in [6, 6.07) is 14.5. The lowest BCUT2D eigenvalue weighted by Gasteiger charge is -2.37. The number of aromatic nitrogens is 3. The van der Waals surface area contributed by atoms with Gasteiger partial charge in [-0.25, -0.2) is 4.98 Å². The van der Waals surface area contributed by atoms with E-state index in [0.717, 1.165) is 37.4 Å². The lowest BCUT2D eigenvalue weighted by molar-refractivity contribution is -0.137. The summed E-state index contributed by atoms with van der Waals surface area (Å²) in [5, 5.41) is 4.52. The second-order valence-corrected chi connectivity index (χ2v) is 9.72. The molecule has 2 aliphatic heterocycles. The highest BCUT2D eigenvalue weighted by atomic mass is 16.5. The van der Waals surface area contributed by atoms with Gasteiger partial charge >= 0.3 is 0 Å². The Kier molecular flexibility index (Phi) is 7.11. The predicted molar refractivity (Wildman–Crippen MR) is 135 cm³/mol. The summed E-state index contributed by atoms with van der Waals surface area (Å²) in [6.07, 6.45) is 6.35. The zero-order valence-electron chi connectivity index (χ0n) is 20.6. The van der Waals surface area contributed by atoms with E-state index in [4.69, 9.17) is 4.74 Å². The number of hydrogen-bond acceptors (Lipinski definition) is 6. The molecular formula is C27H34N6O2. The van der Waals surface area contributed by atoms with Gasteiger partial charge in [0, 0.05) is 57.3 Å². The number of pyridine rings is 1. The first-order chi connectivity index (χ1) is 17.1. The van der Waals surface area contributed by atoms with Crippen LogP contribution in [0.15, 0.2) is 61.1 Å². The predicted octanol–water partition coefficient (Wildman–Crippen LogP) is 2.81. The normalized spacial score (nSPS) is 20.5. The molecule has 4 heterocycles. The molecule has 0 bridgehead atoms. The summed E-state index contributed by atoms with van der Waals surface area (Å²) in [5.74, 6) is 1.02. The molecule has 3 aromatic rings. The first-order valence-electron chi connectivity index (χ1n) is 12.4. The second kappa shape index (κ2) is 10.6. The fourth-order valence-corrected chi connectivity index (χ4v) is 5.01. The van der Waals surface area contributed by atoms with Gasteiger partial charge in [-0.15, -0.1) is 0 Å². The maximum atomic E-state index is 13.5. The molecule has 0 N–H and O–H groups in total. The molecule has 5 rings (SSSR count). The molecule has 1 amide bonds. The summed E-state index contributed by atoms with van der Waals surface area (Å²) in [4.78, 5) is 24.5. The minimum atomic E-state index is -0.226. The molecule has 0 aliphatic carbocycles. The van der Waals surface area contributed by atoms with E-state index in [0.29, 0.717) is 26.2 Å². The van der Waals surface area contributed by atoms with Crippen molar-refractivity contribution in [2.24, 2.45) is 5.92 Å². The standard InChI is InChI=1S/C27H34N6O2/c1-30(2)18-22-8-9-25(28-16-22)31-11-13-32(14-12-31)27(34)24-10-15-35-26(24)23-17-29-33(20-23)19-21-6-4-3-5-7-21/h3-9,16-17,20,24,26H,10-15,18-19H2,1-2H3/t24-,26+/m1/s1. The monoisotopic (exact) mass is 474 g/mol. The third kappa shape index (κ3) is 5.55. The maximum Gasteiger partial charge on any atom is 0.228 e. The van der Waals surface area contributed by atoms with Crippen LogP contribution in [0, 0.1) is 5.92 Å². The van der Waals surface area contributed by atoms with E-state index >= 15 is 0 Å². The highest BCUT2D eigenvalue weighted by Gasteiger charge is 2.39. The van der Waals surface area contributed by atoms with Crippen LogP contribution in [0.1, 0.15) is 29.2 Å². The number of piperazine rings is 1. The van der Waals surface area contributed by atoms with Gasteiger partial charge in [-0.1, -0.05) is 36.4 Å². The van der Waals surface area contributed by atoms with Gasteiger partial charge in [-0.05, 0) is 37.7 Å². The molecule has 2 aromatic heterocycles. The highest BCUT2D eigenvalue weighted by molar-refractivity contribution is 5.80. The van der Waals surface area contributed by atoms with Gasteiger partial charge in [0.25, 0.3) is 0 Å². The first kappa shape index (κ1) is 23.5. The number of hydrogen-bond donors (Lipinski definition) is 0. The van der Waals surface area contributed by atoms with Crippen molar-refractivity contribution in [3.8, 4) is 0 Å². The second-order valence-electron chi connectivity index (χ2n) is 9.72. The Morgan fingerprint density at radius 1 is 1.03 bits per heavy atom. The van der Waals surface area contributed by atoms with Crippen LogP contribution in [-0.2, 0) is 22.6 Å². The Morgan fingerprint density at radius 2 is 1.83 bits per heavy atom. The van der Waals surface area contributed by atoms with Gasteiger partial charge in [0.1, 0.15) is 5.82 Å². The number of nitrogens with zero attached hydrogens (tertiary/aromatic N) is 6. The first-order valence-corrected chi connectivity index (χ1v) is 12.4. The van der Waals surface area contributed by atoms with E-state index in [-0.39, 0.29) is 17.9 Å². The zero-order chi connectivity index (χ0) is 24.2. The smallest absolute Gasteiger partial charge is 0.228 e. The van der Waals surface area contributed by atoms with E-state index in [1.165, 1.54) is 11.1 Å². The van der Waals surface area contributed by atoms with Gasteiger partial charge < -0.3 is 19.4 Å². The number of benzene rings is 1. The van der Waals surface area contributed by atoms with Crippen molar-refractivity contribution in [2.75, 3.05) is 51.8 Å². The van der Waals surface area contributed by atoms with E-state index in [1.807, 2.05) is 46.4 Å². The average molecular weight is 475 g/mol. The van der Waals surface area contributed by atoms with Crippen LogP contribution in [-0.4, -0.2) is 77.4 Å². The van der Waals surface area contributed by atoms with Crippen molar-refractivity contribution in [1.29, 1.82) is 0 Å². The molecule has 0 spiro atoms. The lowest BCUT2D eigenvalue weighted by Crippen LogP contribution is -2.51. The van der Waals surface area contributed by atoms with Crippen LogP contribution in [0.25, 0.3) is 0 Å². The Morgan fingerprint density at radius 3 is 2.54 bits per heavy atom. The topological polar surface area (TPSA) is 66.7 Å². The number of rotatable bonds is 7. The van der Waals surface area contributed by atoms with Gasteiger partial charge in [0.15, 0.2) is 0 Å². The molecule has 8 nitrogen and oxygen atoms in total. The van der Waals surface area contributed by atoms with E-state index in [1.54, 1.807) is 0 Å². The van der Waals surface area contributed by atoms with Crippen molar-refractivity contribution in [3.63, 3.8) is 0 Å². The molecule has 0 unspecified atom stereocenters. The fraction of sp³-hybridized carbons (Fsp3) is 0.444. The molecule has 35 heavy (non-hydrogen) atoms. The van der Waals surface area contributed by atoms with Crippen molar-refractivity contribution in [1.82, 2.24) is 24.6 Å². The number of anilines is 1. The molecule has 1 aromatic carbocycles. The number of ether oxygens (including phenoxy) is 1. The molecule has 0 saturated carbocycles. The summed E-state index contributed by atoms with van der Waals surface area (Å²) in [6.45, 7) is 5.18. The zero-order valence-corrected chi connectivity index (χ0v) is 20.6. The molecular weight excluding hydrogens is 440 g/mol. The molecule has 2 atom stereocenters. The van der Waals surface area contributed by atoms with Gasteiger partial charge in [0.05, 0.1) is 24.8 Å². The highest BCUT2D eigenvalue weighted by Crippen LogP contribution is 2.36. The van der Waals surface area contributed by atoms with Crippen LogP contribution in [0.3, 0.4) is 0 Å². The minimum Gasteiger partial charge on any atom is -0.373 e. The molecule has 2 fully saturated rings. The van der Waals surface area contributed by atoms with Crippen molar-refractivity contribution >= 4 is 11.7 Å².